The van der Waals surface area contributed by atoms with Crippen LogP contribution in [-0.2, 0) is 19.2 Å². The van der Waals surface area contributed by atoms with E-state index in [1.54, 1.807) is 0 Å². The Morgan fingerprint density at radius 3 is 2.15 bits per heavy atom. The van der Waals surface area contributed by atoms with Gasteiger partial charge < -0.3 is 20.6 Å². The Bertz CT molecular complexity index is 335. The highest BCUT2D eigenvalue weighted by Gasteiger charge is 2.18. The normalized spacial score (nSPS) is 13.7. The lowest BCUT2D eigenvalue weighted by molar-refractivity contribution is -0.151. The number of rotatable bonds is 12. The van der Waals surface area contributed by atoms with Crippen molar-refractivity contribution in [3.63, 3.8) is 0 Å². The van der Waals surface area contributed by atoms with E-state index in [1.165, 1.54) is 0 Å². The smallest absolute Gasteiger partial charge is 0.334 e. The molecule has 0 heterocycles. The molecule has 1 unspecified atom stereocenters. The molecule has 0 aromatic rings. The van der Waals surface area contributed by atoms with Crippen LogP contribution >= 0.6 is 0 Å². The van der Waals surface area contributed by atoms with E-state index in [9.17, 15) is 14.4 Å². The summed E-state index contributed by atoms with van der Waals surface area (Å²) in [5.74, 6) is 1.50. The highest BCUT2D eigenvalue weighted by molar-refractivity contribution is 5.75. The molecule has 0 spiro atoms. The summed E-state index contributed by atoms with van der Waals surface area (Å²) in [6.45, 7) is 0.341. The maximum Gasteiger partial charge on any atom is 0.334 e. The van der Waals surface area contributed by atoms with Gasteiger partial charge in [-0.15, -0.1) is 0 Å². The first-order valence-electron chi connectivity index (χ1n) is 6.14. The third-order valence-corrected chi connectivity index (χ3v) is 2.67. The van der Waals surface area contributed by atoms with Gasteiger partial charge in [0, 0.05) is 6.42 Å². The number of hydrogen-bond donors (Lipinski definition) is 5. The second-order valence-electron chi connectivity index (χ2n) is 4.24. The molecule has 0 bridgehead atoms. The highest BCUT2D eigenvalue weighted by Crippen LogP contribution is 2.04. The van der Waals surface area contributed by atoms with Gasteiger partial charge in [-0.2, -0.15) is 0 Å². The van der Waals surface area contributed by atoms with Crippen LogP contribution in [0.25, 0.3) is 0 Å². The molecule has 0 aromatic carbocycles. The number of carboxylic acids is 3. The molecule has 0 amide bonds. The quantitative estimate of drug-likeness (QED) is 0.234. The third kappa shape index (κ3) is 8.40. The molecular formula is C11H20N2O7. The van der Waals surface area contributed by atoms with E-state index in [4.69, 9.17) is 21.2 Å². The maximum atomic E-state index is 10.8. The number of hydrogen-bond acceptors (Lipinski definition) is 6. The molecule has 0 saturated heterocycles. The molecule has 0 fully saturated rings. The fourth-order valence-electron chi connectivity index (χ4n) is 1.56. The zero-order valence-electron chi connectivity index (χ0n) is 10.9. The van der Waals surface area contributed by atoms with Crippen molar-refractivity contribution in [1.82, 2.24) is 5.32 Å². The monoisotopic (exact) mass is 292 g/mol. The lowest BCUT2D eigenvalue weighted by Crippen LogP contribution is -2.37. The average molecular weight is 292 g/mol. The van der Waals surface area contributed by atoms with Gasteiger partial charge in [0.05, 0.1) is 0 Å². The van der Waals surface area contributed by atoms with Gasteiger partial charge in [0.15, 0.2) is 6.10 Å². The van der Waals surface area contributed by atoms with Crippen LogP contribution < -0.4 is 11.2 Å². The van der Waals surface area contributed by atoms with Crippen LogP contribution in [0.2, 0.25) is 0 Å². The van der Waals surface area contributed by atoms with E-state index in [1.807, 2.05) is 0 Å². The topological polar surface area (TPSA) is 159 Å². The van der Waals surface area contributed by atoms with E-state index in [0.29, 0.717) is 19.4 Å². The van der Waals surface area contributed by atoms with Crippen LogP contribution in [0.4, 0.5) is 0 Å². The molecule has 0 aliphatic carbocycles. The predicted molar refractivity (Wildman–Crippen MR) is 66.8 cm³/mol. The van der Waals surface area contributed by atoms with E-state index in [2.05, 4.69) is 10.2 Å². The van der Waals surface area contributed by atoms with Gasteiger partial charge in [-0.3, -0.25) is 14.4 Å². The lowest BCUT2D eigenvalue weighted by Gasteiger charge is -2.14. The predicted octanol–water partition coefficient (Wildman–Crippen LogP) is -0.592. The van der Waals surface area contributed by atoms with Crippen molar-refractivity contribution in [3.8, 4) is 0 Å². The minimum absolute atomic E-state index is 0.00563. The molecule has 0 saturated carbocycles. The Kier molecular flexibility index (Phi) is 9.26. The van der Waals surface area contributed by atoms with E-state index in [0.717, 1.165) is 0 Å². The molecule has 0 aliphatic rings. The van der Waals surface area contributed by atoms with Crippen LogP contribution in [0.5, 0.6) is 0 Å². The van der Waals surface area contributed by atoms with Crippen molar-refractivity contribution in [3.05, 3.63) is 0 Å². The standard InChI is InChI=1S/C11H20N2O7/c12-20-8(11(18)19)3-1-2-6-13-7(10(16)17)4-5-9(14)15/h7-8,13H,1-6,12H2,(H,14,15)(H,16,17)(H,18,19)/t7?,8-/m0/s1. The summed E-state index contributed by atoms with van der Waals surface area (Å²) >= 11 is 0. The minimum atomic E-state index is -1.15. The summed E-state index contributed by atoms with van der Waals surface area (Å²) < 4.78 is 0. The first kappa shape index (κ1) is 18.3. The highest BCUT2D eigenvalue weighted by atomic mass is 16.6. The Hall–Kier alpha value is -1.71. The van der Waals surface area contributed by atoms with Crippen molar-refractivity contribution in [2.24, 2.45) is 5.90 Å². The Morgan fingerprint density at radius 2 is 1.70 bits per heavy atom. The van der Waals surface area contributed by atoms with Crippen LogP contribution in [-0.4, -0.2) is 51.9 Å². The molecular weight excluding hydrogens is 272 g/mol. The first-order chi connectivity index (χ1) is 9.38. The Labute approximate surface area is 115 Å². The molecule has 0 aliphatic heterocycles. The maximum absolute atomic E-state index is 10.8. The Morgan fingerprint density at radius 1 is 1.05 bits per heavy atom. The number of aliphatic carboxylic acids is 3. The number of nitrogens with two attached hydrogens (primary N) is 1. The second kappa shape index (κ2) is 10.1. The summed E-state index contributed by atoms with van der Waals surface area (Å²) in [7, 11) is 0. The molecule has 0 rings (SSSR count). The van der Waals surface area contributed by atoms with E-state index < -0.39 is 30.1 Å². The van der Waals surface area contributed by atoms with E-state index in [-0.39, 0.29) is 19.3 Å². The van der Waals surface area contributed by atoms with Crippen molar-refractivity contribution < 1.29 is 34.5 Å². The lowest BCUT2D eigenvalue weighted by atomic mass is 10.1. The van der Waals surface area contributed by atoms with Gasteiger partial charge in [0.25, 0.3) is 0 Å². The molecule has 9 heteroatoms. The molecule has 0 aromatic heterocycles. The zero-order chi connectivity index (χ0) is 15.5. The summed E-state index contributed by atoms with van der Waals surface area (Å²) in [4.78, 5) is 36.1. The number of carboxylic acid groups (broad SMARTS) is 3. The van der Waals surface area contributed by atoms with Crippen LogP contribution in [0.1, 0.15) is 32.1 Å². The average Bonchev–Trinajstić information content (AvgIpc) is 2.35. The molecule has 20 heavy (non-hydrogen) atoms. The molecule has 2 atom stereocenters. The first-order valence-corrected chi connectivity index (χ1v) is 6.14. The molecule has 116 valence electrons. The van der Waals surface area contributed by atoms with Gasteiger partial charge >= 0.3 is 17.9 Å². The van der Waals surface area contributed by atoms with Gasteiger partial charge in [0.1, 0.15) is 6.04 Å². The van der Waals surface area contributed by atoms with Crippen molar-refractivity contribution in [1.29, 1.82) is 0 Å². The Balaban J connectivity index is 3.86. The molecule has 0 radical (unpaired) electrons. The number of nitrogens with one attached hydrogen (secondary N) is 1. The molecule has 9 nitrogen and oxygen atoms in total. The van der Waals surface area contributed by atoms with Crippen molar-refractivity contribution in [2.45, 2.75) is 44.2 Å². The summed E-state index contributed by atoms with van der Waals surface area (Å²) in [5.41, 5.74) is 0. The number of unbranched alkanes of at least 4 members (excludes halogenated alkanes) is 1. The SMILES string of the molecule is NO[C@@H](CCCCNC(CCC(=O)O)C(=O)O)C(=O)O. The van der Waals surface area contributed by atoms with Crippen LogP contribution in [0.15, 0.2) is 0 Å². The second-order valence-corrected chi connectivity index (χ2v) is 4.24. The fourth-order valence-corrected chi connectivity index (χ4v) is 1.56. The summed E-state index contributed by atoms with van der Waals surface area (Å²) in [6.07, 6.45) is -0.0608. The largest absolute Gasteiger partial charge is 0.481 e. The minimum Gasteiger partial charge on any atom is -0.481 e. The van der Waals surface area contributed by atoms with Gasteiger partial charge in [-0.25, -0.2) is 10.7 Å². The van der Waals surface area contributed by atoms with Crippen LogP contribution in [0.3, 0.4) is 0 Å². The summed E-state index contributed by atoms with van der Waals surface area (Å²) in [5, 5.41) is 28.7. The third-order valence-electron chi connectivity index (χ3n) is 2.67. The van der Waals surface area contributed by atoms with E-state index >= 15 is 0 Å². The zero-order valence-corrected chi connectivity index (χ0v) is 10.9. The van der Waals surface area contributed by atoms with Gasteiger partial charge in [-0.1, -0.05) is 0 Å². The fraction of sp³-hybridized carbons (Fsp3) is 0.727. The van der Waals surface area contributed by atoms with Crippen LogP contribution in [0, 0.1) is 0 Å². The van der Waals surface area contributed by atoms with Gasteiger partial charge in [0.2, 0.25) is 0 Å². The molecule has 6 N–H and O–H groups in total. The van der Waals surface area contributed by atoms with Crippen molar-refractivity contribution in [2.75, 3.05) is 6.54 Å². The van der Waals surface area contributed by atoms with Crippen molar-refractivity contribution >= 4 is 17.9 Å². The van der Waals surface area contributed by atoms with Gasteiger partial charge in [-0.05, 0) is 32.2 Å². The summed E-state index contributed by atoms with van der Waals surface area (Å²) in [6, 6.07) is -0.924. The number of carbonyl (C=O) groups is 3.